The predicted molar refractivity (Wildman–Crippen MR) is 264 cm³/mol. The van der Waals surface area contributed by atoms with Crippen LogP contribution in [0.2, 0.25) is 0 Å². The van der Waals surface area contributed by atoms with Crippen LogP contribution in [0.3, 0.4) is 0 Å². The molecule has 0 aromatic carbocycles. The van der Waals surface area contributed by atoms with Gasteiger partial charge in [0.2, 0.25) is 5.91 Å². The Morgan fingerprint density at radius 1 is 0.400 bits per heavy atom. The molecular weight excluding hydrogens is 739 g/mol. The molecule has 5 heteroatoms. The Morgan fingerprint density at radius 2 is 0.683 bits per heavy atom. The van der Waals surface area contributed by atoms with Crippen molar-refractivity contribution in [1.82, 2.24) is 5.32 Å². The smallest absolute Gasteiger partial charge is 0.249 e. The number of unbranched alkanes of at least 4 members (excludes halogenated alkanes) is 37. The van der Waals surface area contributed by atoms with Gasteiger partial charge in [-0.05, 0) is 44.9 Å². The molecule has 60 heavy (non-hydrogen) atoms. The molecular formula is C55H105NO4. The number of amides is 1. The molecule has 0 radical (unpaired) electrons. The predicted octanol–water partition coefficient (Wildman–Crippen LogP) is 16.3. The Hall–Kier alpha value is -1.43. The Kier molecular flexibility index (Phi) is 49.0. The summed E-state index contributed by atoms with van der Waals surface area (Å²) >= 11 is 0. The van der Waals surface area contributed by atoms with Crippen molar-refractivity contribution in [3.8, 4) is 0 Å². The summed E-state index contributed by atoms with van der Waals surface area (Å²) in [4.78, 5) is 12.5. The first kappa shape index (κ1) is 58.6. The van der Waals surface area contributed by atoms with Crippen LogP contribution in [-0.4, -0.2) is 46.1 Å². The van der Waals surface area contributed by atoms with Gasteiger partial charge in [0.05, 0.1) is 18.8 Å². The molecule has 3 unspecified atom stereocenters. The first-order valence-electron chi connectivity index (χ1n) is 26.8. The van der Waals surface area contributed by atoms with E-state index in [0.29, 0.717) is 6.42 Å². The van der Waals surface area contributed by atoms with Gasteiger partial charge in [0.1, 0.15) is 6.10 Å². The van der Waals surface area contributed by atoms with Crippen LogP contribution in [0.1, 0.15) is 284 Å². The molecule has 0 aliphatic carbocycles. The normalized spacial score (nSPS) is 13.6. The van der Waals surface area contributed by atoms with Crippen LogP contribution in [0.4, 0.5) is 0 Å². The maximum Gasteiger partial charge on any atom is 0.249 e. The van der Waals surface area contributed by atoms with Crippen LogP contribution in [0, 0.1) is 0 Å². The van der Waals surface area contributed by atoms with Crippen LogP contribution < -0.4 is 5.32 Å². The molecule has 5 nitrogen and oxygen atoms in total. The number of rotatable bonds is 49. The second kappa shape index (κ2) is 50.2. The van der Waals surface area contributed by atoms with E-state index in [0.717, 1.165) is 44.9 Å². The van der Waals surface area contributed by atoms with Crippen LogP contribution in [0.5, 0.6) is 0 Å². The van der Waals surface area contributed by atoms with Crippen LogP contribution in [0.25, 0.3) is 0 Å². The van der Waals surface area contributed by atoms with Gasteiger partial charge in [0, 0.05) is 0 Å². The first-order valence-corrected chi connectivity index (χ1v) is 26.8. The Bertz CT molecular complexity index is 931. The summed E-state index contributed by atoms with van der Waals surface area (Å²) in [6.45, 7) is 4.20. The molecule has 0 saturated heterocycles. The van der Waals surface area contributed by atoms with E-state index in [-0.39, 0.29) is 6.61 Å². The standard InChI is InChI=1S/C55H105NO4/c1-3-5-7-9-11-13-15-17-19-21-23-25-27-29-31-33-35-37-39-41-43-45-47-49-53(58)52(51-57)56-55(60)54(59)50-48-46-44-42-40-38-36-34-32-30-28-26-24-22-20-18-16-14-12-10-8-6-4-2/h31,33,39,41,47,49,52-54,57-59H,3-30,32,34-38,40,42-46,48,50-51H2,1-2H3,(H,56,60)/b33-31+,41-39+,49-47+. The van der Waals surface area contributed by atoms with Crippen LogP contribution in [-0.2, 0) is 4.79 Å². The Morgan fingerprint density at radius 3 is 1.02 bits per heavy atom. The highest BCUT2D eigenvalue weighted by atomic mass is 16.3. The second-order valence-electron chi connectivity index (χ2n) is 18.4. The SMILES string of the molecule is CCCCCCCCCCCCCCC/C=C/CC/C=C/CC/C=C/C(O)C(CO)NC(=O)C(O)CCCCCCCCCCCCCCCCCCCCCCCCC. The van der Waals surface area contributed by atoms with Crippen molar-refractivity contribution >= 4 is 5.91 Å². The monoisotopic (exact) mass is 844 g/mol. The van der Waals surface area contributed by atoms with Gasteiger partial charge < -0.3 is 20.6 Å². The number of carbonyl (C=O) groups is 1. The van der Waals surface area contributed by atoms with Gasteiger partial charge in [-0.25, -0.2) is 0 Å². The third kappa shape index (κ3) is 44.6. The Labute approximate surface area is 374 Å². The van der Waals surface area contributed by atoms with E-state index in [2.05, 4.69) is 43.5 Å². The molecule has 0 saturated carbocycles. The summed E-state index contributed by atoms with van der Waals surface area (Å²) < 4.78 is 0. The molecule has 0 bridgehead atoms. The zero-order chi connectivity index (χ0) is 43.7. The van der Waals surface area contributed by atoms with Crippen molar-refractivity contribution in [1.29, 1.82) is 0 Å². The minimum Gasteiger partial charge on any atom is -0.394 e. The molecule has 0 rings (SSSR count). The largest absolute Gasteiger partial charge is 0.394 e. The fourth-order valence-corrected chi connectivity index (χ4v) is 8.28. The van der Waals surface area contributed by atoms with E-state index < -0.39 is 24.2 Å². The minimum absolute atomic E-state index is 0.379. The molecule has 0 spiro atoms. The summed E-state index contributed by atoms with van der Waals surface area (Å²) in [6.07, 6.45) is 65.0. The molecule has 0 aliphatic rings. The average Bonchev–Trinajstić information content (AvgIpc) is 3.25. The highest BCUT2D eigenvalue weighted by molar-refractivity contribution is 5.80. The zero-order valence-corrected chi connectivity index (χ0v) is 40.4. The number of hydrogen-bond acceptors (Lipinski definition) is 4. The van der Waals surface area contributed by atoms with Gasteiger partial charge in [-0.15, -0.1) is 0 Å². The van der Waals surface area contributed by atoms with E-state index in [4.69, 9.17) is 0 Å². The molecule has 0 heterocycles. The quantitative estimate of drug-likeness (QED) is 0.0363. The molecule has 4 N–H and O–H groups in total. The second-order valence-corrected chi connectivity index (χ2v) is 18.4. The lowest BCUT2D eigenvalue weighted by atomic mass is 10.0. The summed E-state index contributed by atoms with van der Waals surface area (Å²) in [5, 5.41) is 33.3. The van der Waals surface area contributed by atoms with Crippen molar-refractivity contribution in [3.05, 3.63) is 36.5 Å². The maximum atomic E-state index is 12.5. The zero-order valence-electron chi connectivity index (χ0n) is 40.4. The molecule has 0 aliphatic heterocycles. The summed E-state index contributed by atoms with van der Waals surface area (Å²) in [7, 11) is 0. The lowest BCUT2D eigenvalue weighted by molar-refractivity contribution is -0.131. The van der Waals surface area contributed by atoms with E-state index in [1.54, 1.807) is 6.08 Å². The van der Waals surface area contributed by atoms with Crippen molar-refractivity contribution in [3.63, 3.8) is 0 Å². The van der Waals surface area contributed by atoms with Crippen molar-refractivity contribution in [2.24, 2.45) is 0 Å². The van der Waals surface area contributed by atoms with Crippen molar-refractivity contribution in [2.45, 2.75) is 302 Å². The number of aliphatic hydroxyl groups excluding tert-OH is 3. The van der Waals surface area contributed by atoms with Crippen LogP contribution >= 0.6 is 0 Å². The highest BCUT2D eigenvalue weighted by Crippen LogP contribution is 2.17. The van der Waals surface area contributed by atoms with Gasteiger partial charge in [0.15, 0.2) is 0 Å². The molecule has 0 aromatic heterocycles. The minimum atomic E-state index is -1.11. The van der Waals surface area contributed by atoms with Crippen molar-refractivity contribution in [2.75, 3.05) is 6.61 Å². The number of allylic oxidation sites excluding steroid dienone is 5. The van der Waals surface area contributed by atoms with Gasteiger partial charge >= 0.3 is 0 Å². The van der Waals surface area contributed by atoms with E-state index in [1.807, 2.05) is 6.08 Å². The number of aliphatic hydroxyl groups is 3. The summed E-state index contributed by atoms with van der Waals surface area (Å²) in [5.74, 6) is -0.512. The van der Waals surface area contributed by atoms with E-state index in [1.165, 1.54) is 218 Å². The maximum absolute atomic E-state index is 12.5. The molecule has 1 amide bonds. The molecule has 354 valence electrons. The van der Waals surface area contributed by atoms with Gasteiger partial charge in [0.25, 0.3) is 0 Å². The topological polar surface area (TPSA) is 89.8 Å². The van der Waals surface area contributed by atoms with Gasteiger partial charge in [-0.3, -0.25) is 4.79 Å². The van der Waals surface area contributed by atoms with E-state index >= 15 is 0 Å². The third-order valence-corrected chi connectivity index (χ3v) is 12.5. The molecule has 0 aromatic rings. The van der Waals surface area contributed by atoms with Gasteiger partial charge in [-0.1, -0.05) is 275 Å². The number of hydrogen-bond donors (Lipinski definition) is 4. The first-order chi connectivity index (χ1) is 29.6. The molecule has 3 atom stereocenters. The van der Waals surface area contributed by atoms with Gasteiger partial charge in [-0.2, -0.15) is 0 Å². The van der Waals surface area contributed by atoms with Crippen LogP contribution in [0.15, 0.2) is 36.5 Å². The Balaban J connectivity index is 3.64. The fourth-order valence-electron chi connectivity index (χ4n) is 8.28. The molecule has 0 fully saturated rings. The summed E-state index contributed by atoms with van der Waals surface area (Å²) in [5.41, 5.74) is 0. The number of nitrogens with one attached hydrogen (secondary N) is 1. The average molecular weight is 844 g/mol. The highest BCUT2D eigenvalue weighted by Gasteiger charge is 2.22. The summed E-state index contributed by atoms with van der Waals surface area (Å²) in [6, 6.07) is -0.820. The number of carbonyl (C=O) groups excluding carboxylic acids is 1. The third-order valence-electron chi connectivity index (χ3n) is 12.5. The lowest BCUT2D eigenvalue weighted by Crippen LogP contribution is -2.48. The van der Waals surface area contributed by atoms with Crippen molar-refractivity contribution < 1.29 is 20.1 Å². The van der Waals surface area contributed by atoms with E-state index in [9.17, 15) is 20.1 Å². The lowest BCUT2D eigenvalue weighted by Gasteiger charge is -2.21. The fraction of sp³-hybridized carbons (Fsp3) is 0.873.